The van der Waals surface area contributed by atoms with Gasteiger partial charge in [0.1, 0.15) is 11.0 Å². The van der Waals surface area contributed by atoms with Crippen molar-refractivity contribution in [3.05, 3.63) is 11.5 Å². The maximum atomic E-state index is 9.68. The molecule has 0 radical (unpaired) electrons. The SMILES string of the molecule is N#CC1(N2c3nc(Cl)ncc3NC2S)CCCCC1. The number of nitriles is 1. The Bertz CT molecular complexity index is 537. The molecule has 19 heavy (non-hydrogen) atoms. The van der Waals surface area contributed by atoms with Crippen molar-refractivity contribution >= 4 is 35.7 Å². The summed E-state index contributed by atoms with van der Waals surface area (Å²) in [6, 6.07) is 2.48. The molecule has 5 nitrogen and oxygen atoms in total. The molecule has 1 unspecified atom stereocenters. The predicted octanol–water partition coefficient (Wildman–Crippen LogP) is 2.80. The van der Waals surface area contributed by atoms with Crippen LogP contribution in [-0.4, -0.2) is 21.0 Å². The highest BCUT2D eigenvalue weighted by atomic mass is 35.5. The lowest BCUT2D eigenvalue weighted by molar-refractivity contribution is 0.343. The van der Waals surface area contributed by atoms with Crippen LogP contribution in [0, 0.1) is 11.3 Å². The molecule has 1 aliphatic heterocycles. The normalized spacial score (nSPS) is 24.5. The Labute approximate surface area is 122 Å². The quantitative estimate of drug-likeness (QED) is 0.616. The van der Waals surface area contributed by atoms with Crippen molar-refractivity contribution in [2.24, 2.45) is 0 Å². The molecule has 1 atom stereocenters. The summed E-state index contributed by atoms with van der Waals surface area (Å²) in [7, 11) is 0. The minimum absolute atomic E-state index is 0.192. The van der Waals surface area contributed by atoms with Crippen LogP contribution in [0.25, 0.3) is 0 Å². The lowest BCUT2D eigenvalue weighted by Crippen LogP contribution is -2.52. The summed E-state index contributed by atoms with van der Waals surface area (Å²) < 4.78 is 0. The molecular formula is C12H14ClN5S. The molecule has 100 valence electrons. The molecule has 3 rings (SSSR count). The molecule has 1 aliphatic carbocycles. The van der Waals surface area contributed by atoms with Gasteiger partial charge < -0.3 is 10.2 Å². The standard InChI is InChI=1S/C12H14ClN5S/c13-10-15-6-8-9(17-10)18(11(19)16-8)12(7-14)4-2-1-3-5-12/h6,11,16,19H,1-5H2. The van der Waals surface area contributed by atoms with Crippen LogP contribution in [0.5, 0.6) is 0 Å². The van der Waals surface area contributed by atoms with E-state index in [1.165, 1.54) is 6.42 Å². The van der Waals surface area contributed by atoms with E-state index < -0.39 is 5.54 Å². The number of aromatic nitrogens is 2. The van der Waals surface area contributed by atoms with Gasteiger partial charge in [0, 0.05) is 0 Å². The summed E-state index contributed by atoms with van der Waals surface area (Å²) in [6.45, 7) is 0. The van der Waals surface area contributed by atoms with Crippen molar-refractivity contribution < 1.29 is 0 Å². The van der Waals surface area contributed by atoms with Crippen molar-refractivity contribution in [3.63, 3.8) is 0 Å². The third-order valence-electron chi connectivity index (χ3n) is 3.85. The third kappa shape index (κ3) is 2.01. The summed E-state index contributed by atoms with van der Waals surface area (Å²) in [4.78, 5) is 10.2. The highest BCUT2D eigenvalue weighted by Gasteiger charge is 2.45. The second-order valence-corrected chi connectivity index (χ2v) is 5.80. The Hall–Kier alpha value is -1.19. The average molecular weight is 296 g/mol. The monoisotopic (exact) mass is 295 g/mol. The molecule has 1 aromatic heterocycles. The summed E-state index contributed by atoms with van der Waals surface area (Å²) in [6.07, 6.45) is 6.60. The van der Waals surface area contributed by atoms with Crippen molar-refractivity contribution in [2.45, 2.75) is 43.1 Å². The fourth-order valence-corrected chi connectivity index (χ4v) is 3.54. The Kier molecular flexibility index (Phi) is 3.19. The van der Waals surface area contributed by atoms with E-state index in [-0.39, 0.29) is 10.8 Å². The lowest BCUT2D eigenvalue weighted by Gasteiger charge is -2.41. The molecule has 1 fully saturated rings. The van der Waals surface area contributed by atoms with E-state index in [9.17, 15) is 5.26 Å². The molecule has 7 heteroatoms. The zero-order valence-corrected chi connectivity index (χ0v) is 12.0. The van der Waals surface area contributed by atoms with Gasteiger partial charge in [-0.2, -0.15) is 10.2 Å². The van der Waals surface area contributed by atoms with Gasteiger partial charge in [-0.05, 0) is 24.4 Å². The average Bonchev–Trinajstić information content (AvgIpc) is 2.75. The minimum Gasteiger partial charge on any atom is -0.353 e. The summed E-state index contributed by atoms with van der Waals surface area (Å²) in [5.74, 6) is 0.684. The van der Waals surface area contributed by atoms with Crippen LogP contribution in [0.3, 0.4) is 0 Å². The first kappa shape index (κ1) is 12.8. The zero-order chi connectivity index (χ0) is 13.5. The van der Waals surface area contributed by atoms with Gasteiger partial charge in [-0.15, -0.1) is 12.6 Å². The van der Waals surface area contributed by atoms with Crippen LogP contribution in [0.15, 0.2) is 6.20 Å². The molecule has 0 saturated heterocycles. The number of nitrogens with zero attached hydrogens (tertiary/aromatic N) is 4. The van der Waals surface area contributed by atoms with Gasteiger partial charge in [0.05, 0.1) is 18.0 Å². The highest BCUT2D eigenvalue weighted by molar-refractivity contribution is 7.81. The number of fused-ring (bicyclic) bond motifs is 1. The van der Waals surface area contributed by atoms with E-state index in [4.69, 9.17) is 11.6 Å². The lowest BCUT2D eigenvalue weighted by atomic mass is 9.81. The fraction of sp³-hybridized carbons (Fsp3) is 0.583. The molecule has 0 spiro atoms. The molecule has 1 aromatic rings. The Balaban J connectivity index is 2.05. The third-order valence-corrected chi connectivity index (χ3v) is 4.39. The smallest absolute Gasteiger partial charge is 0.224 e. The first-order chi connectivity index (χ1) is 9.16. The van der Waals surface area contributed by atoms with Crippen LogP contribution in [0.2, 0.25) is 5.28 Å². The van der Waals surface area contributed by atoms with Crippen molar-refractivity contribution in [1.82, 2.24) is 9.97 Å². The topological polar surface area (TPSA) is 64.8 Å². The largest absolute Gasteiger partial charge is 0.353 e. The molecule has 0 amide bonds. The van der Waals surface area contributed by atoms with Gasteiger partial charge >= 0.3 is 0 Å². The van der Waals surface area contributed by atoms with Crippen molar-refractivity contribution in [1.29, 1.82) is 5.26 Å². The molecule has 1 saturated carbocycles. The highest BCUT2D eigenvalue weighted by Crippen LogP contribution is 2.44. The van der Waals surface area contributed by atoms with Crippen LogP contribution in [0.4, 0.5) is 11.5 Å². The first-order valence-electron chi connectivity index (χ1n) is 6.34. The van der Waals surface area contributed by atoms with E-state index >= 15 is 0 Å². The minimum atomic E-state index is -0.541. The molecular weight excluding hydrogens is 282 g/mol. The number of anilines is 2. The molecule has 0 aromatic carbocycles. The molecule has 0 bridgehead atoms. The summed E-state index contributed by atoms with van der Waals surface area (Å²) in [5, 5.41) is 13.1. The number of hydrogen-bond donors (Lipinski definition) is 2. The zero-order valence-electron chi connectivity index (χ0n) is 10.3. The maximum absolute atomic E-state index is 9.68. The summed E-state index contributed by atoms with van der Waals surface area (Å²) in [5.41, 5.74) is -0.0224. The number of thiol groups is 1. The van der Waals surface area contributed by atoms with E-state index in [2.05, 4.69) is 34.0 Å². The number of hydrogen-bond acceptors (Lipinski definition) is 6. The van der Waals surface area contributed by atoms with Gasteiger partial charge in [0.2, 0.25) is 5.28 Å². The second-order valence-electron chi connectivity index (χ2n) is 4.97. The first-order valence-corrected chi connectivity index (χ1v) is 7.23. The number of nitrogens with one attached hydrogen (secondary N) is 1. The molecule has 2 aliphatic rings. The van der Waals surface area contributed by atoms with E-state index in [0.29, 0.717) is 5.82 Å². The molecule has 2 heterocycles. The van der Waals surface area contributed by atoms with Gasteiger partial charge in [-0.25, -0.2) is 4.98 Å². The summed E-state index contributed by atoms with van der Waals surface area (Å²) >= 11 is 10.4. The van der Waals surface area contributed by atoms with Crippen LogP contribution in [-0.2, 0) is 0 Å². The second kappa shape index (κ2) is 4.73. The van der Waals surface area contributed by atoms with Crippen LogP contribution >= 0.6 is 24.2 Å². The van der Waals surface area contributed by atoms with E-state index in [0.717, 1.165) is 31.4 Å². The van der Waals surface area contributed by atoms with Gasteiger partial charge in [-0.3, -0.25) is 0 Å². The van der Waals surface area contributed by atoms with Gasteiger partial charge in [0.25, 0.3) is 0 Å². The van der Waals surface area contributed by atoms with Crippen LogP contribution in [0.1, 0.15) is 32.1 Å². The van der Waals surface area contributed by atoms with E-state index in [1.807, 2.05) is 4.90 Å². The van der Waals surface area contributed by atoms with Gasteiger partial charge in [0.15, 0.2) is 5.82 Å². The predicted molar refractivity (Wildman–Crippen MR) is 77.3 cm³/mol. The number of halogens is 1. The van der Waals surface area contributed by atoms with Crippen molar-refractivity contribution in [2.75, 3.05) is 10.2 Å². The van der Waals surface area contributed by atoms with Gasteiger partial charge in [-0.1, -0.05) is 19.3 Å². The Morgan fingerprint density at radius 2 is 2.21 bits per heavy atom. The fourth-order valence-electron chi connectivity index (χ4n) is 2.94. The number of rotatable bonds is 1. The molecule has 1 N–H and O–H groups in total. The van der Waals surface area contributed by atoms with Crippen molar-refractivity contribution in [3.8, 4) is 6.07 Å². The Morgan fingerprint density at radius 3 is 2.89 bits per heavy atom. The van der Waals surface area contributed by atoms with Crippen LogP contribution < -0.4 is 10.2 Å². The Morgan fingerprint density at radius 1 is 1.47 bits per heavy atom. The maximum Gasteiger partial charge on any atom is 0.224 e. The van der Waals surface area contributed by atoms with E-state index in [1.54, 1.807) is 6.20 Å².